The van der Waals surface area contributed by atoms with Gasteiger partial charge in [0.2, 0.25) is 17.7 Å². The standard InChI is InChI=1S/C23H32FN3O4/c1-15(2)20(21(29)25-18-9-10-18)27-13-12-23(22(27)30,14-19(28)26-31)11-3-4-16-5-7-17(24)8-6-16/h5-8,15,18,20,31H,3-4,9-14H2,1-2H3,(H,25,29)(H,26,28)/t20-,23+/m1/s1. The maximum Gasteiger partial charge on any atom is 0.244 e. The highest BCUT2D eigenvalue weighted by atomic mass is 19.1. The zero-order valence-electron chi connectivity index (χ0n) is 18.2. The Hall–Kier alpha value is -2.48. The number of nitrogens with zero attached hydrogens (tertiary/aromatic N) is 1. The van der Waals surface area contributed by atoms with Crippen LogP contribution in [0, 0.1) is 17.2 Å². The molecule has 0 aromatic heterocycles. The van der Waals surface area contributed by atoms with Crippen molar-refractivity contribution in [1.82, 2.24) is 15.7 Å². The summed E-state index contributed by atoms with van der Waals surface area (Å²) in [6, 6.07) is 5.85. The average molecular weight is 434 g/mol. The summed E-state index contributed by atoms with van der Waals surface area (Å²) in [5.74, 6) is -1.32. The molecule has 0 spiro atoms. The molecule has 0 radical (unpaired) electrons. The molecule has 0 unspecified atom stereocenters. The van der Waals surface area contributed by atoms with Gasteiger partial charge in [-0.05, 0) is 62.1 Å². The number of carbonyl (C=O) groups excluding carboxylic acids is 3. The summed E-state index contributed by atoms with van der Waals surface area (Å²) in [4.78, 5) is 40.0. The van der Waals surface area contributed by atoms with Gasteiger partial charge in [0.1, 0.15) is 11.9 Å². The van der Waals surface area contributed by atoms with E-state index in [2.05, 4.69) is 5.32 Å². The predicted octanol–water partition coefficient (Wildman–Crippen LogP) is 2.57. The number of amides is 3. The molecule has 1 saturated heterocycles. The van der Waals surface area contributed by atoms with Crippen molar-refractivity contribution in [1.29, 1.82) is 0 Å². The molecule has 2 fully saturated rings. The van der Waals surface area contributed by atoms with Crippen LogP contribution >= 0.6 is 0 Å². The Balaban J connectivity index is 1.73. The Kier molecular flexibility index (Phi) is 7.30. The van der Waals surface area contributed by atoms with Crippen molar-refractivity contribution in [3.63, 3.8) is 0 Å². The summed E-state index contributed by atoms with van der Waals surface area (Å²) in [5.41, 5.74) is 1.64. The van der Waals surface area contributed by atoms with Crippen LogP contribution in [0.2, 0.25) is 0 Å². The molecular formula is C23H32FN3O4. The summed E-state index contributed by atoms with van der Waals surface area (Å²) in [6.45, 7) is 4.23. The Morgan fingerprint density at radius 2 is 1.94 bits per heavy atom. The minimum atomic E-state index is -0.958. The molecule has 31 heavy (non-hydrogen) atoms. The first-order valence-corrected chi connectivity index (χ1v) is 11.0. The van der Waals surface area contributed by atoms with Crippen LogP contribution in [-0.2, 0) is 20.8 Å². The quantitative estimate of drug-likeness (QED) is 0.390. The number of hydroxylamine groups is 1. The average Bonchev–Trinajstić information content (AvgIpc) is 3.49. The number of halogens is 1. The number of likely N-dealkylation sites (tertiary alicyclic amines) is 1. The normalized spacial score (nSPS) is 22.0. The monoisotopic (exact) mass is 433 g/mol. The van der Waals surface area contributed by atoms with Gasteiger partial charge in [0, 0.05) is 19.0 Å². The highest BCUT2D eigenvalue weighted by Crippen LogP contribution is 2.42. The lowest BCUT2D eigenvalue weighted by atomic mass is 9.77. The SMILES string of the molecule is CC(C)[C@H](C(=O)NC1CC1)N1CC[C@@](CCCc2ccc(F)cc2)(CC(=O)NO)C1=O. The van der Waals surface area contributed by atoms with E-state index in [-0.39, 0.29) is 36.0 Å². The van der Waals surface area contributed by atoms with Crippen molar-refractivity contribution in [3.05, 3.63) is 35.6 Å². The van der Waals surface area contributed by atoms with Gasteiger partial charge >= 0.3 is 0 Å². The van der Waals surface area contributed by atoms with Crippen molar-refractivity contribution in [2.24, 2.45) is 11.3 Å². The molecule has 0 bridgehead atoms. The first-order valence-electron chi connectivity index (χ1n) is 11.0. The second kappa shape index (κ2) is 9.77. The first kappa shape index (κ1) is 23.2. The molecular weight excluding hydrogens is 401 g/mol. The summed E-state index contributed by atoms with van der Waals surface area (Å²) in [6.07, 6.45) is 3.97. The number of nitrogens with one attached hydrogen (secondary N) is 2. The van der Waals surface area contributed by atoms with Gasteiger partial charge in [-0.25, -0.2) is 9.87 Å². The third kappa shape index (κ3) is 5.61. The molecule has 2 aliphatic rings. The van der Waals surface area contributed by atoms with Crippen LogP contribution in [0.25, 0.3) is 0 Å². The number of benzene rings is 1. The molecule has 170 valence electrons. The van der Waals surface area contributed by atoms with E-state index in [0.717, 1.165) is 18.4 Å². The van der Waals surface area contributed by atoms with E-state index in [0.29, 0.717) is 32.2 Å². The molecule has 8 heteroatoms. The van der Waals surface area contributed by atoms with Crippen molar-refractivity contribution in [2.75, 3.05) is 6.54 Å². The van der Waals surface area contributed by atoms with E-state index >= 15 is 0 Å². The Labute approximate surface area is 182 Å². The molecule has 1 aliphatic heterocycles. The second-order valence-electron chi connectivity index (χ2n) is 9.19. The largest absolute Gasteiger partial charge is 0.352 e. The van der Waals surface area contributed by atoms with E-state index in [1.165, 1.54) is 12.1 Å². The fraction of sp³-hybridized carbons (Fsp3) is 0.609. The molecule has 1 aromatic rings. The minimum Gasteiger partial charge on any atom is -0.352 e. The van der Waals surface area contributed by atoms with Gasteiger partial charge in [-0.2, -0.15) is 0 Å². The van der Waals surface area contributed by atoms with E-state index in [1.54, 1.807) is 22.5 Å². The first-order chi connectivity index (χ1) is 14.8. The third-order valence-electron chi connectivity index (χ3n) is 6.36. The highest BCUT2D eigenvalue weighted by molar-refractivity contribution is 5.94. The number of hydrogen-bond donors (Lipinski definition) is 3. The van der Waals surface area contributed by atoms with E-state index in [9.17, 15) is 18.8 Å². The molecule has 3 rings (SSSR count). The summed E-state index contributed by atoms with van der Waals surface area (Å²) in [7, 11) is 0. The number of rotatable bonds is 10. The van der Waals surface area contributed by atoms with Crippen LogP contribution in [0.15, 0.2) is 24.3 Å². The lowest BCUT2D eigenvalue weighted by molar-refractivity contribution is -0.147. The van der Waals surface area contributed by atoms with Gasteiger partial charge in [0.25, 0.3) is 0 Å². The topological polar surface area (TPSA) is 98.7 Å². The van der Waals surface area contributed by atoms with Gasteiger partial charge < -0.3 is 10.2 Å². The Morgan fingerprint density at radius 3 is 2.52 bits per heavy atom. The third-order valence-corrected chi connectivity index (χ3v) is 6.36. The highest BCUT2D eigenvalue weighted by Gasteiger charge is 2.51. The molecule has 2 atom stereocenters. The summed E-state index contributed by atoms with van der Waals surface area (Å²) >= 11 is 0. The molecule has 1 heterocycles. The molecule has 3 N–H and O–H groups in total. The van der Waals surface area contributed by atoms with Gasteiger partial charge in [0.05, 0.1) is 5.41 Å². The maximum absolute atomic E-state index is 13.6. The van der Waals surface area contributed by atoms with Crippen LogP contribution in [0.3, 0.4) is 0 Å². The van der Waals surface area contributed by atoms with Gasteiger partial charge in [-0.15, -0.1) is 0 Å². The van der Waals surface area contributed by atoms with Crippen LogP contribution in [0.4, 0.5) is 4.39 Å². The predicted molar refractivity (Wildman–Crippen MR) is 112 cm³/mol. The van der Waals surface area contributed by atoms with Crippen molar-refractivity contribution in [3.8, 4) is 0 Å². The van der Waals surface area contributed by atoms with Crippen molar-refractivity contribution >= 4 is 17.7 Å². The molecule has 7 nitrogen and oxygen atoms in total. The Bertz CT molecular complexity index is 810. The van der Waals surface area contributed by atoms with Crippen LogP contribution in [0.5, 0.6) is 0 Å². The van der Waals surface area contributed by atoms with E-state index in [4.69, 9.17) is 5.21 Å². The molecule has 1 saturated carbocycles. The fourth-order valence-electron chi connectivity index (χ4n) is 4.54. The molecule has 1 aliphatic carbocycles. The number of aryl methyl sites for hydroxylation is 1. The number of hydrogen-bond acceptors (Lipinski definition) is 4. The van der Waals surface area contributed by atoms with E-state index in [1.807, 2.05) is 13.8 Å². The van der Waals surface area contributed by atoms with Crippen LogP contribution in [-0.4, -0.2) is 46.5 Å². The molecule has 1 aromatic carbocycles. The van der Waals surface area contributed by atoms with Crippen LogP contribution in [0.1, 0.15) is 57.9 Å². The maximum atomic E-state index is 13.6. The smallest absolute Gasteiger partial charge is 0.244 e. The lowest BCUT2D eigenvalue weighted by Crippen LogP contribution is -2.52. The summed E-state index contributed by atoms with van der Waals surface area (Å²) < 4.78 is 13.1. The zero-order valence-corrected chi connectivity index (χ0v) is 18.2. The summed E-state index contributed by atoms with van der Waals surface area (Å²) in [5, 5.41) is 12.1. The van der Waals surface area contributed by atoms with E-state index < -0.39 is 17.4 Å². The number of carbonyl (C=O) groups is 3. The van der Waals surface area contributed by atoms with Gasteiger partial charge in [-0.3, -0.25) is 19.6 Å². The Morgan fingerprint density at radius 1 is 1.26 bits per heavy atom. The minimum absolute atomic E-state index is 0.0654. The van der Waals surface area contributed by atoms with Gasteiger partial charge in [0.15, 0.2) is 0 Å². The van der Waals surface area contributed by atoms with Crippen molar-refractivity contribution < 1.29 is 24.0 Å². The fourth-order valence-corrected chi connectivity index (χ4v) is 4.54. The zero-order chi connectivity index (χ0) is 22.6. The molecule has 3 amide bonds. The second-order valence-corrected chi connectivity index (χ2v) is 9.19. The van der Waals surface area contributed by atoms with Gasteiger partial charge in [-0.1, -0.05) is 26.0 Å². The lowest BCUT2D eigenvalue weighted by Gasteiger charge is -2.33. The van der Waals surface area contributed by atoms with Crippen molar-refractivity contribution in [2.45, 2.75) is 70.9 Å². The van der Waals surface area contributed by atoms with Crippen LogP contribution < -0.4 is 10.8 Å².